The molecular weight excluding hydrogens is 492 g/mol. The summed E-state index contributed by atoms with van der Waals surface area (Å²) >= 11 is 0. The number of fused-ring (bicyclic) bond motifs is 3. The number of amides is 1. The van der Waals surface area contributed by atoms with Gasteiger partial charge >= 0.3 is 6.09 Å². The van der Waals surface area contributed by atoms with Crippen molar-refractivity contribution in [1.82, 2.24) is 19.4 Å². The molecule has 1 saturated heterocycles. The van der Waals surface area contributed by atoms with Gasteiger partial charge in [0.2, 0.25) is 0 Å². The van der Waals surface area contributed by atoms with Gasteiger partial charge in [-0.1, -0.05) is 36.4 Å². The Bertz CT molecular complexity index is 1380. The van der Waals surface area contributed by atoms with Crippen molar-refractivity contribution in [2.24, 2.45) is 0 Å². The van der Waals surface area contributed by atoms with E-state index in [9.17, 15) is 4.79 Å². The zero-order valence-electron chi connectivity index (χ0n) is 23.0. The Balaban J connectivity index is 1.14. The molecule has 3 aromatic rings. The van der Waals surface area contributed by atoms with Gasteiger partial charge < -0.3 is 19.1 Å². The van der Waals surface area contributed by atoms with Crippen molar-refractivity contribution in [2.75, 3.05) is 39.4 Å². The fraction of sp³-hybridized carbons (Fsp3) is 0.419. The first-order valence-electron chi connectivity index (χ1n) is 13.7. The number of hydrogen-bond acceptors (Lipinski definition) is 6. The fourth-order valence-corrected chi connectivity index (χ4v) is 5.30. The van der Waals surface area contributed by atoms with Crippen LogP contribution < -0.4 is 4.74 Å². The van der Waals surface area contributed by atoms with Crippen molar-refractivity contribution >= 4 is 11.7 Å². The molecule has 2 aromatic carbocycles. The number of ether oxygens (including phenoxy) is 3. The molecule has 0 bridgehead atoms. The molecule has 3 aliphatic rings. The van der Waals surface area contributed by atoms with Gasteiger partial charge in [-0.15, -0.1) is 0 Å². The average Bonchev–Trinajstić information content (AvgIpc) is 3.35. The molecule has 1 amide bonds. The summed E-state index contributed by atoms with van der Waals surface area (Å²) in [6.45, 7) is 11.7. The van der Waals surface area contributed by atoms with Crippen LogP contribution >= 0.6 is 0 Å². The third-order valence-electron chi connectivity index (χ3n) is 7.34. The molecule has 0 N–H and O–H groups in total. The first-order chi connectivity index (χ1) is 18.8. The van der Waals surface area contributed by atoms with Gasteiger partial charge in [0.1, 0.15) is 18.0 Å². The lowest BCUT2D eigenvalue weighted by atomic mass is 9.96. The van der Waals surface area contributed by atoms with Crippen LogP contribution in [0.5, 0.6) is 5.75 Å². The van der Waals surface area contributed by atoms with Gasteiger partial charge in [-0.3, -0.25) is 9.47 Å². The first-order valence-corrected chi connectivity index (χ1v) is 13.7. The van der Waals surface area contributed by atoms with E-state index in [4.69, 9.17) is 19.2 Å². The zero-order chi connectivity index (χ0) is 27.0. The molecule has 0 unspecified atom stereocenters. The van der Waals surface area contributed by atoms with Crippen molar-refractivity contribution in [2.45, 2.75) is 45.9 Å². The Morgan fingerprint density at radius 1 is 1.00 bits per heavy atom. The number of rotatable bonds is 4. The highest BCUT2D eigenvalue weighted by Crippen LogP contribution is 2.35. The molecule has 0 aliphatic carbocycles. The fourth-order valence-electron chi connectivity index (χ4n) is 5.30. The minimum atomic E-state index is -0.480. The summed E-state index contributed by atoms with van der Waals surface area (Å²) < 4.78 is 19.3. The molecule has 0 radical (unpaired) electrons. The third-order valence-corrected chi connectivity index (χ3v) is 7.34. The summed E-state index contributed by atoms with van der Waals surface area (Å²) in [6.07, 6.45) is 4.83. The predicted octanol–water partition coefficient (Wildman–Crippen LogP) is 5.29. The summed E-state index contributed by atoms with van der Waals surface area (Å²) in [4.78, 5) is 21.3. The second kappa shape index (κ2) is 10.5. The molecule has 1 fully saturated rings. The number of carbonyl (C=O) groups excluding carboxylic acids is 1. The average molecular weight is 529 g/mol. The van der Waals surface area contributed by atoms with Gasteiger partial charge in [-0.2, -0.15) is 0 Å². The maximum absolute atomic E-state index is 12.4. The van der Waals surface area contributed by atoms with Gasteiger partial charge in [0, 0.05) is 38.9 Å². The summed E-state index contributed by atoms with van der Waals surface area (Å²) in [5.41, 5.74) is 6.32. The largest absolute Gasteiger partial charge is 0.483 e. The monoisotopic (exact) mass is 528 g/mol. The lowest BCUT2D eigenvalue weighted by Gasteiger charge is -2.29. The molecular formula is C31H36N4O4. The maximum Gasteiger partial charge on any atom is 0.410 e. The van der Waals surface area contributed by atoms with E-state index in [-0.39, 0.29) is 6.09 Å². The van der Waals surface area contributed by atoms with Gasteiger partial charge in [-0.05, 0) is 61.6 Å². The van der Waals surface area contributed by atoms with E-state index in [1.807, 2.05) is 20.8 Å². The Hall–Kier alpha value is -3.62. The van der Waals surface area contributed by atoms with E-state index in [0.717, 1.165) is 73.4 Å². The van der Waals surface area contributed by atoms with Gasteiger partial charge in [0.25, 0.3) is 0 Å². The van der Waals surface area contributed by atoms with E-state index in [0.29, 0.717) is 19.7 Å². The molecule has 8 heteroatoms. The molecule has 204 valence electrons. The predicted molar refractivity (Wildman–Crippen MR) is 150 cm³/mol. The molecule has 39 heavy (non-hydrogen) atoms. The van der Waals surface area contributed by atoms with E-state index >= 15 is 0 Å². The lowest BCUT2D eigenvalue weighted by molar-refractivity contribution is 0.0270. The highest BCUT2D eigenvalue weighted by atomic mass is 16.6. The van der Waals surface area contributed by atoms with Gasteiger partial charge in [-0.25, -0.2) is 9.78 Å². The van der Waals surface area contributed by atoms with Crippen molar-refractivity contribution in [3.05, 3.63) is 71.8 Å². The number of imidazole rings is 1. The van der Waals surface area contributed by atoms with Crippen molar-refractivity contribution in [3.63, 3.8) is 0 Å². The van der Waals surface area contributed by atoms with Gasteiger partial charge in [0.15, 0.2) is 5.82 Å². The zero-order valence-corrected chi connectivity index (χ0v) is 23.0. The lowest BCUT2D eigenvalue weighted by Crippen LogP contribution is -2.39. The highest BCUT2D eigenvalue weighted by molar-refractivity contribution is 5.75. The summed E-state index contributed by atoms with van der Waals surface area (Å²) in [6, 6.07) is 15.0. The number of carbonyl (C=O) groups is 1. The summed E-state index contributed by atoms with van der Waals surface area (Å²) in [5, 5.41) is 0. The van der Waals surface area contributed by atoms with Crippen LogP contribution in [0.3, 0.4) is 0 Å². The number of benzene rings is 2. The van der Waals surface area contributed by atoms with Crippen LogP contribution in [0.15, 0.2) is 54.7 Å². The number of aromatic nitrogens is 2. The molecule has 4 heterocycles. The normalized spacial score (nSPS) is 17.6. The molecule has 0 spiro atoms. The highest BCUT2D eigenvalue weighted by Gasteiger charge is 2.24. The minimum absolute atomic E-state index is 0.251. The van der Waals surface area contributed by atoms with Crippen LogP contribution in [0.1, 0.15) is 44.3 Å². The second-order valence-corrected chi connectivity index (χ2v) is 11.4. The van der Waals surface area contributed by atoms with Crippen molar-refractivity contribution in [3.8, 4) is 22.6 Å². The Morgan fingerprint density at radius 3 is 2.46 bits per heavy atom. The van der Waals surface area contributed by atoms with Crippen LogP contribution in [0.2, 0.25) is 0 Å². The van der Waals surface area contributed by atoms with Crippen LogP contribution in [0, 0.1) is 0 Å². The van der Waals surface area contributed by atoms with E-state index < -0.39 is 5.60 Å². The molecule has 0 atom stereocenters. The Kier molecular flexibility index (Phi) is 6.91. The van der Waals surface area contributed by atoms with Crippen molar-refractivity contribution < 1.29 is 19.0 Å². The smallest absolute Gasteiger partial charge is 0.410 e. The van der Waals surface area contributed by atoms with Crippen molar-refractivity contribution in [1.29, 1.82) is 0 Å². The molecule has 1 aromatic heterocycles. The van der Waals surface area contributed by atoms with Crippen LogP contribution in [-0.2, 0) is 22.6 Å². The Morgan fingerprint density at radius 2 is 1.74 bits per heavy atom. The Labute approximate surface area is 229 Å². The van der Waals surface area contributed by atoms with E-state index in [1.54, 1.807) is 4.90 Å². The van der Waals surface area contributed by atoms with Crippen LogP contribution in [0.4, 0.5) is 4.79 Å². The minimum Gasteiger partial charge on any atom is -0.483 e. The van der Waals surface area contributed by atoms with Crippen LogP contribution in [-0.4, -0.2) is 70.4 Å². The van der Waals surface area contributed by atoms with Gasteiger partial charge in [0.05, 0.1) is 24.6 Å². The standard InChI is InChI=1S/C31H36N4O4/c1-31(2,3)39-30(36)34-12-10-24(11-13-34)22-4-6-23(7-5-22)25-8-9-27-28(18-25)38-21-29-32-26(20-35(27)29)19-33-14-16-37-17-15-33/h4-10,18,20H,11-17,19,21H2,1-3H3. The first kappa shape index (κ1) is 25.6. The van der Waals surface area contributed by atoms with Crippen LogP contribution in [0.25, 0.3) is 22.4 Å². The summed E-state index contributed by atoms with van der Waals surface area (Å²) in [7, 11) is 0. The number of morpholine rings is 1. The second-order valence-electron chi connectivity index (χ2n) is 11.4. The molecule has 3 aliphatic heterocycles. The molecule has 6 rings (SSSR count). The molecule has 0 saturated carbocycles. The van der Waals surface area contributed by atoms with E-state index in [2.05, 4.69) is 64.2 Å². The quantitative estimate of drug-likeness (QED) is 0.459. The number of hydrogen-bond donors (Lipinski definition) is 0. The topological polar surface area (TPSA) is 69.1 Å². The summed E-state index contributed by atoms with van der Waals surface area (Å²) in [5.74, 6) is 1.81. The maximum atomic E-state index is 12.4. The third kappa shape index (κ3) is 5.72. The SMILES string of the molecule is CC(C)(C)OC(=O)N1CC=C(c2ccc(-c3ccc4c(c3)OCc3nc(CN5CCOCC5)cn3-4)cc2)CC1. The van der Waals surface area contributed by atoms with E-state index in [1.165, 1.54) is 11.1 Å². The number of nitrogens with zero attached hydrogens (tertiary/aromatic N) is 4. The molecule has 8 nitrogen and oxygen atoms in total.